The number of fused-ring (bicyclic) bond motifs is 1. The molecule has 6 rings (SSSR count). The van der Waals surface area contributed by atoms with Crippen LogP contribution < -0.4 is 10.5 Å². The number of ether oxygens (including phenoxy) is 2. The molecule has 5 atom stereocenters. The van der Waals surface area contributed by atoms with E-state index < -0.39 is 17.7 Å². The van der Waals surface area contributed by atoms with E-state index in [9.17, 15) is 5.11 Å². The Balaban J connectivity index is 1.30. The van der Waals surface area contributed by atoms with Crippen LogP contribution in [0.15, 0.2) is 48.9 Å². The molecule has 3 aromatic heterocycles. The number of aromatic nitrogens is 4. The molecule has 2 aliphatic rings. The lowest BCUT2D eigenvalue weighted by Gasteiger charge is -2.36. The van der Waals surface area contributed by atoms with E-state index in [1.54, 1.807) is 29.0 Å². The quantitative estimate of drug-likeness (QED) is 0.384. The molecule has 4 aromatic rings. The molecule has 1 saturated carbocycles. The van der Waals surface area contributed by atoms with E-state index >= 15 is 8.78 Å². The van der Waals surface area contributed by atoms with Crippen molar-refractivity contribution in [2.45, 2.75) is 56.8 Å². The van der Waals surface area contributed by atoms with Gasteiger partial charge in [-0.2, -0.15) is 5.10 Å². The smallest absolute Gasteiger partial charge is 0.139 e. The fraction of sp³-hybridized carbons (Fsp3) is 0.414. The number of imidazole rings is 1. The highest BCUT2D eigenvalue weighted by atomic mass is 19.1. The second-order valence-corrected chi connectivity index (χ2v) is 10.6. The van der Waals surface area contributed by atoms with Gasteiger partial charge < -0.3 is 20.3 Å². The van der Waals surface area contributed by atoms with Gasteiger partial charge in [0.1, 0.15) is 29.3 Å². The molecule has 4 heterocycles. The molecule has 39 heavy (non-hydrogen) atoms. The van der Waals surface area contributed by atoms with E-state index in [4.69, 9.17) is 15.2 Å². The predicted octanol–water partition coefficient (Wildman–Crippen LogP) is 4.03. The largest absolute Gasteiger partial charge is 0.488 e. The fourth-order valence-electron chi connectivity index (χ4n) is 5.83. The summed E-state index contributed by atoms with van der Waals surface area (Å²) in [6.07, 6.45) is 7.15. The molecular formula is C29H31F2N5O3. The molecular weight excluding hydrogens is 504 g/mol. The highest BCUT2D eigenvalue weighted by molar-refractivity contribution is 5.64. The van der Waals surface area contributed by atoms with Crippen molar-refractivity contribution in [2.75, 3.05) is 13.2 Å². The molecule has 8 nitrogen and oxygen atoms in total. The Labute approximate surface area is 224 Å². The van der Waals surface area contributed by atoms with Crippen molar-refractivity contribution in [3.8, 4) is 17.0 Å². The molecule has 1 aromatic carbocycles. The van der Waals surface area contributed by atoms with Crippen molar-refractivity contribution in [3.63, 3.8) is 0 Å². The Hall–Kier alpha value is -3.47. The lowest BCUT2D eigenvalue weighted by Crippen LogP contribution is -2.44. The third-order valence-corrected chi connectivity index (χ3v) is 7.88. The molecule has 0 bridgehead atoms. The van der Waals surface area contributed by atoms with Crippen LogP contribution in [-0.2, 0) is 11.2 Å². The Morgan fingerprint density at radius 2 is 1.97 bits per heavy atom. The van der Waals surface area contributed by atoms with Crippen LogP contribution >= 0.6 is 0 Å². The summed E-state index contributed by atoms with van der Waals surface area (Å²) in [5, 5.41) is 14.9. The molecule has 1 aliphatic heterocycles. The first-order valence-electron chi connectivity index (χ1n) is 13.3. The summed E-state index contributed by atoms with van der Waals surface area (Å²) in [6, 6.07) is 7.41. The summed E-state index contributed by atoms with van der Waals surface area (Å²) >= 11 is 0. The van der Waals surface area contributed by atoms with Crippen LogP contribution in [0.3, 0.4) is 0 Å². The Bertz CT molecular complexity index is 1450. The maximum Gasteiger partial charge on any atom is 0.139 e. The van der Waals surface area contributed by atoms with E-state index in [1.807, 2.05) is 19.2 Å². The second-order valence-electron chi connectivity index (χ2n) is 10.6. The normalized spacial score (nSPS) is 25.3. The molecule has 204 valence electrons. The van der Waals surface area contributed by atoms with Gasteiger partial charge in [0.05, 0.1) is 42.3 Å². The number of aliphatic hydroxyl groups excluding tert-OH is 1. The summed E-state index contributed by atoms with van der Waals surface area (Å²) in [5.41, 5.74) is 8.97. The van der Waals surface area contributed by atoms with E-state index in [1.165, 1.54) is 12.1 Å². The third kappa shape index (κ3) is 5.11. The third-order valence-electron chi connectivity index (χ3n) is 7.88. The lowest BCUT2D eigenvalue weighted by molar-refractivity contribution is 0.0519. The van der Waals surface area contributed by atoms with Crippen molar-refractivity contribution < 1.29 is 23.4 Å². The fourth-order valence-corrected chi connectivity index (χ4v) is 5.83. The van der Waals surface area contributed by atoms with Gasteiger partial charge in [-0.3, -0.25) is 4.98 Å². The van der Waals surface area contributed by atoms with Crippen molar-refractivity contribution in [2.24, 2.45) is 11.7 Å². The Kier molecular flexibility index (Phi) is 7.01. The van der Waals surface area contributed by atoms with Crippen molar-refractivity contribution in [1.29, 1.82) is 0 Å². The van der Waals surface area contributed by atoms with E-state index in [2.05, 4.69) is 15.1 Å². The van der Waals surface area contributed by atoms with Gasteiger partial charge in [0, 0.05) is 43.4 Å². The first-order chi connectivity index (χ1) is 18.9. The van der Waals surface area contributed by atoms with Gasteiger partial charge in [0.2, 0.25) is 0 Å². The second kappa shape index (κ2) is 10.6. The number of nitrogens with two attached hydrogens (primary N) is 1. The van der Waals surface area contributed by atoms with E-state index in [-0.39, 0.29) is 41.0 Å². The zero-order valence-corrected chi connectivity index (χ0v) is 21.6. The van der Waals surface area contributed by atoms with Gasteiger partial charge in [0.25, 0.3) is 0 Å². The van der Waals surface area contributed by atoms with Crippen LogP contribution in [0, 0.1) is 17.6 Å². The van der Waals surface area contributed by atoms with Gasteiger partial charge >= 0.3 is 0 Å². The topological polar surface area (TPSA) is 108 Å². The molecule has 2 fully saturated rings. The number of nitrogens with zero attached hydrogens (tertiary/aromatic N) is 4. The molecule has 0 spiro atoms. The van der Waals surface area contributed by atoms with Crippen LogP contribution in [0.25, 0.3) is 16.8 Å². The monoisotopic (exact) mass is 535 g/mol. The number of aliphatic hydroxyl groups is 1. The van der Waals surface area contributed by atoms with Gasteiger partial charge in [0.15, 0.2) is 0 Å². The molecule has 1 saturated heterocycles. The van der Waals surface area contributed by atoms with Crippen molar-refractivity contribution in [1.82, 2.24) is 19.6 Å². The number of benzene rings is 1. The van der Waals surface area contributed by atoms with Gasteiger partial charge in [-0.1, -0.05) is 6.92 Å². The van der Waals surface area contributed by atoms with Crippen LogP contribution in [0.1, 0.15) is 49.1 Å². The SMILES string of the molecule is C[C@H]1C[C@@H](c2ccncc2Cc2ncc3ccc(-c4c(F)cc(OC5CCOC5)cc4F)nn23)C[C@@H](N)[C@@H]1O. The van der Waals surface area contributed by atoms with Gasteiger partial charge in [-0.15, -0.1) is 0 Å². The highest BCUT2D eigenvalue weighted by Crippen LogP contribution is 2.37. The number of halogens is 2. The van der Waals surface area contributed by atoms with Crippen molar-refractivity contribution in [3.05, 3.63) is 77.5 Å². The van der Waals surface area contributed by atoms with E-state index in [0.29, 0.717) is 43.8 Å². The Morgan fingerprint density at radius 3 is 2.72 bits per heavy atom. The summed E-state index contributed by atoms with van der Waals surface area (Å²) < 4.78 is 42.9. The summed E-state index contributed by atoms with van der Waals surface area (Å²) in [4.78, 5) is 8.89. The summed E-state index contributed by atoms with van der Waals surface area (Å²) in [7, 11) is 0. The molecule has 10 heteroatoms. The first kappa shape index (κ1) is 25.8. The Morgan fingerprint density at radius 1 is 1.15 bits per heavy atom. The van der Waals surface area contributed by atoms with E-state index in [0.717, 1.165) is 17.5 Å². The minimum atomic E-state index is -0.753. The maximum absolute atomic E-state index is 15.1. The number of hydrogen-bond acceptors (Lipinski definition) is 7. The maximum atomic E-state index is 15.1. The number of pyridine rings is 1. The first-order valence-corrected chi connectivity index (χ1v) is 13.3. The molecule has 0 amide bonds. The van der Waals surface area contributed by atoms with Crippen LogP contribution in [0.5, 0.6) is 5.75 Å². The lowest BCUT2D eigenvalue weighted by atomic mass is 9.74. The van der Waals surface area contributed by atoms with Crippen LogP contribution in [0.4, 0.5) is 8.78 Å². The van der Waals surface area contributed by atoms with Crippen LogP contribution in [0.2, 0.25) is 0 Å². The average molecular weight is 536 g/mol. The minimum Gasteiger partial charge on any atom is -0.488 e. The molecule has 1 aliphatic carbocycles. The number of rotatable bonds is 6. The molecule has 3 N–H and O–H groups in total. The zero-order chi connectivity index (χ0) is 27.1. The minimum absolute atomic E-state index is 0.0873. The van der Waals surface area contributed by atoms with Gasteiger partial charge in [-0.25, -0.2) is 18.3 Å². The highest BCUT2D eigenvalue weighted by Gasteiger charge is 2.34. The summed E-state index contributed by atoms with van der Waals surface area (Å²) in [5.74, 6) is -0.484. The average Bonchev–Trinajstić information content (AvgIpc) is 3.57. The van der Waals surface area contributed by atoms with Crippen molar-refractivity contribution >= 4 is 5.52 Å². The van der Waals surface area contributed by atoms with Crippen LogP contribution in [-0.4, -0.2) is 56.2 Å². The predicted molar refractivity (Wildman–Crippen MR) is 140 cm³/mol. The number of hydrogen-bond donors (Lipinski definition) is 2. The zero-order valence-electron chi connectivity index (χ0n) is 21.6. The molecule has 1 unspecified atom stereocenters. The summed E-state index contributed by atoms with van der Waals surface area (Å²) in [6.45, 7) is 2.99. The van der Waals surface area contributed by atoms with Gasteiger partial charge in [-0.05, 0) is 54.0 Å². The standard InChI is InChI=1S/C29H31F2N5O3/c1-16-8-17(9-25(32)29(16)37)22-4-6-33-13-18(22)10-27-34-14-19-2-3-26(35-36(19)27)28-23(30)11-21(12-24(28)31)39-20-5-7-38-15-20/h2-4,6,11-14,16-17,20,25,29,37H,5,7-10,15,32H2,1H3/t16-,17+,20?,25+,29+/m0/s1. The molecule has 0 radical (unpaired) electrons.